The molecule has 0 aliphatic rings. The number of halogens is 1. The Hall–Kier alpha value is -1.22. The molecule has 0 aliphatic carbocycles. The molecule has 0 atom stereocenters. The van der Waals surface area contributed by atoms with Crippen LogP contribution in [0.3, 0.4) is 0 Å². The Labute approximate surface area is 98.1 Å². The first-order valence-electron chi connectivity index (χ1n) is 4.85. The van der Waals surface area contributed by atoms with E-state index in [-0.39, 0.29) is 0 Å². The lowest BCUT2D eigenvalue weighted by Crippen LogP contribution is -1.98. The highest BCUT2D eigenvalue weighted by Gasteiger charge is 1.98. The van der Waals surface area contributed by atoms with Crippen molar-refractivity contribution in [2.45, 2.75) is 6.54 Å². The smallest absolute Gasteiger partial charge is 0.0487 e. The lowest BCUT2D eigenvalue weighted by atomic mass is 10.3. The fraction of sp³-hybridized carbons (Fsp3) is 0.167. The first kappa shape index (κ1) is 10.3. The molecule has 0 radical (unpaired) electrons. The summed E-state index contributed by atoms with van der Waals surface area (Å²) in [5.74, 6) is 0. The van der Waals surface area contributed by atoms with Crippen molar-refractivity contribution in [3.63, 3.8) is 0 Å². The zero-order valence-corrected chi connectivity index (χ0v) is 10.2. The van der Waals surface area contributed by atoms with Gasteiger partial charge in [-0.25, -0.2) is 0 Å². The molecule has 1 aromatic carbocycles. The summed E-state index contributed by atoms with van der Waals surface area (Å²) in [5.41, 5.74) is 2.41. The fourth-order valence-corrected chi connectivity index (χ4v) is 1.89. The second-order valence-corrected chi connectivity index (χ2v) is 4.37. The molecule has 0 fully saturated rings. The van der Waals surface area contributed by atoms with Gasteiger partial charge in [0.25, 0.3) is 0 Å². The van der Waals surface area contributed by atoms with Crippen LogP contribution in [0.1, 0.15) is 5.56 Å². The molecule has 0 spiro atoms. The lowest BCUT2D eigenvalue weighted by Gasteiger charge is -2.06. The fourth-order valence-electron chi connectivity index (χ4n) is 1.47. The van der Waals surface area contributed by atoms with Crippen LogP contribution in [-0.2, 0) is 13.6 Å². The molecule has 2 nitrogen and oxygen atoms in total. The Bertz CT molecular complexity index is 448. The molecule has 1 N–H and O–H groups in total. The number of benzene rings is 1. The molecule has 3 heteroatoms. The molecule has 1 aromatic heterocycles. The van der Waals surface area contributed by atoms with Gasteiger partial charge in [-0.15, -0.1) is 0 Å². The van der Waals surface area contributed by atoms with Crippen LogP contribution in [0.25, 0.3) is 0 Å². The van der Waals surface area contributed by atoms with E-state index in [1.807, 2.05) is 25.2 Å². The topological polar surface area (TPSA) is 17.0 Å². The number of aryl methyl sites for hydroxylation is 1. The van der Waals surface area contributed by atoms with Crippen LogP contribution >= 0.6 is 15.9 Å². The van der Waals surface area contributed by atoms with Gasteiger partial charge in [-0.05, 0) is 39.7 Å². The summed E-state index contributed by atoms with van der Waals surface area (Å²) >= 11 is 3.51. The zero-order chi connectivity index (χ0) is 10.7. The highest BCUT2D eigenvalue weighted by molar-refractivity contribution is 9.10. The van der Waals surface area contributed by atoms with Crippen LogP contribution in [0.4, 0.5) is 5.69 Å². The van der Waals surface area contributed by atoms with E-state index in [4.69, 9.17) is 0 Å². The van der Waals surface area contributed by atoms with Crippen molar-refractivity contribution in [3.05, 3.63) is 52.8 Å². The Kier molecular flexibility index (Phi) is 3.11. The van der Waals surface area contributed by atoms with Crippen LogP contribution in [0, 0.1) is 0 Å². The van der Waals surface area contributed by atoms with Crippen molar-refractivity contribution in [2.75, 3.05) is 5.32 Å². The summed E-state index contributed by atoms with van der Waals surface area (Å²) in [4.78, 5) is 0. The third-order valence-corrected chi connectivity index (χ3v) is 2.94. The summed E-state index contributed by atoms with van der Waals surface area (Å²) in [7, 11) is 2.03. The molecule has 0 saturated carbocycles. The van der Waals surface area contributed by atoms with Gasteiger partial charge in [0.2, 0.25) is 0 Å². The van der Waals surface area contributed by atoms with E-state index in [1.165, 1.54) is 5.56 Å². The molecule has 0 unspecified atom stereocenters. The summed E-state index contributed by atoms with van der Waals surface area (Å²) < 4.78 is 3.15. The van der Waals surface area contributed by atoms with Crippen molar-refractivity contribution in [1.29, 1.82) is 0 Å². The summed E-state index contributed by atoms with van der Waals surface area (Å²) in [5, 5.41) is 3.38. The Morgan fingerprint density at radius 2 is 2.07 bits per heavy atom. The maximum atomic E-state index is 3.51. The van der Waals surface area contributed by atoms with E-state index in [0.29, 0.717) is 0 Å². The number of anilines is 1. The van der Waals surface area contributed by atoms with Crippen LogP contribution in [-0.4, -0.2) is 4.57 Å². The van der Waals surface area contributed by atoms with E-state index in [2.05, 4.69) is 50.3 Å². The molecule has 0 saturated heterocycles. The van der Waals surface area contributed by atoms with Gasteiger partial charge in [0.05, 0.1) is 0 Å². The van der Waals surface area contributed by atoms with Crippen molar-refractivity contribution >= 4 is 21.6 Å². The van der Waals surface area contributed by atoms with Crippen LogP contribution in [0.2, 0.25) is 0 Å². The average Bonchev–Trinajstić information content (AvgIpc) is 2.63. The number of aromatic nitrogens is 1. The minimum atomic E-state index is 0.851. The van der Waals surface area contributed by atoms with Gasteiger partial charge < -0.3 is 9.88 Å². The second-order valence-electron chi connectivity index (χ2n) is 3.52. The molecule has 0 bridgehead atoms. The van der Waals surface area contributed by atoms with Crippen LogP contribution < -0.4 is 5.32 Å². The summed E-state index contributed by atoms with van der Waals surface area (Å²) in [6, 6.07) is 10.3. The standard InChI is InChI=1S/C12H13BrN2/c1-15-7-6-10(9-15)8-14-12-5-3-2-4-11(12)13/h2-7,9,14H,8H2,1H3. The minimum absolute atomic E-state index is 0.851. The van der Waals surface area contributed by atoms with E-state index in [1.54, 1.807) is 0 Å². The predicted octanol–water partition coefficient (Wildman–Crippen LogP) is 3.40. The lowest BCUT2D eigenvalue weighted by molar-refractivity contribution is 0.920. The first-order valence-corrected chi connectivity index (χ1v) is 5.64. The van der Waals surface area contributed by atoms with Gasteiger partial charge in [0, 0.05) is 36.1 Å². The zero-order valence-electron chi connectivity index (χ0n) is 8.57. The Morgan fingerprint density at radius 1 is 1.27 bits per heavy atom. The number of nitrogens with zero attached hydrogens (tertiary/aromatic N) is 1. The van der Waals surface area contributed by atoms with Crippen molar-refractivity contribution in [2.24, 2.45) is 7.05 Å². The van der Waals surface area contributed by atoms with Crippen LogP contribution in [0.15, 0.2) is 47.2 Å². The Balaban J connectivity index is 2.02. The van der Waals surface area contributed by atoms with Crippen molar-refractivity contribution < 1.29 is 0 Å². The number of nitrogens with one attached hydrogen (secondary N) is 1. The number of para-hydroxylation sites is 1. The largest absolute Gasteiger partial charge is 0.380 e. The summed E-state index contributed by atoms with van der Waals surface area (Å²) in [6.07, 6.45) is 4.17. The molecule has 78 valence electrons. The molecule has 2 aromatic rings. The molecular weight excluding hydrogens is 252 g/mol. The highest BCUT2D eigenvalue weighted by Crippen LogP contribution is 2.21. The van der Waals surface area contributed by atoms with Gasteiger partial charge in [-0.3, -0.25) is 0 Å². The van der Waals surface area contributed by atoms with Gasteiger partial charge in [0.1, 0.15) is 0 Å². The monoisotopic (exact) mass is 264 g/mol. The first-order chi connectivity index (χ1) is 7.25. The Morgan fingerprint density at radius 3 is 2.73 bits per heavy atom. The molecule has 0 amide bonds. The van der Waals surface area contributed by atoms with E-state index < -0.39 is 0 Å². The molecule has 2 rings (SSSR count). The van der Waals surface area contributed by atoms with Gasteiger partial charge >= 0.3 is 0 Å². The normalized spacial score (nSPS) is 10.3. The average molecular weight is 265 g/mol. The van der Waals surface area contributed by atoms with Crippen molar-refractivity contribution in [1.82, 2.24) is 4.57 Å². The van der Waals surface area contributed by atoms with E-state index >= 15 is 0 Å². The minimum Gasteiger partial charge on any atom is -0.380 e. The van der Waals surface area contributed by atoms with Gasteiger partial charge in [-0.2, -0.15) is 0 Å². The third kappa shape index (κ3) is 2.63. The van der Waals surface area contributed by atoms with E-state index in [0.717, 1.165) is 16.7 Å². The van der Waals surface area contributed by atoms with E-state index in [9.17, 15) is 0 Å². The maximum Gasteiger partial charge on any atom is 0.0487 e. The van der Waals surface area contributed by atoms with Crippen molar-refractivity contribution in [3.8, 4) is 0 Å². The SMILES string of the molecule is Cn1ccc(CNc2ccccc2Br)c1. The van der Waals surface area contributed by atoms with Gasteiger partial charge in [0.15, 0.2) is 0 Å². The second kappa shape index (κ2) is 4.53. The predicted molar refractivity (Wildman–Crippen MR) is 66.9 cm³/mol. The summed E-state index contributed by atoms with van der Waals surface area (Å²) in [6.45, 7) is 0.851. The number of hydrogen-bond acceptors (Lipinski definition) is 1. The quantitative estimate of drug-likeness (QED) is 0.900. The third-order valence-electron chi connectivity index (χ3n) is 2.25. The molecular formula is C12H13BrN2. The van der Waals surface area contributed by atoms with Gasteiger partial charge in [-0.1, -0.05) is 12.1 Å². The van der Waals surface area contributed by atoms with Crippen LogP contribution in [0.5, 0.6) is 0 Å². The molecule has 15 heavy (non-hydrogen) atoms. The number of rotatable bonds is 3. The highest BCUT2D eigenvalue weighted by atomic mass is 79.9. The molecule has 1 heterocycles. The molecule has 0 aliphatic heterocycles. The maximum absolute atomic E-state index is 3.51. The number of hydrogen-bond donors (Lipinski definition) is 1.